The lowest BCUT2D eigenvalue weighted by molar-refractivity contribution is -0.115. The normalized spacial score (nSPS) is 19.7. The van der Waals surface area contributed by atoms with Crippen LogP contribution in [0.1, 0.15) is 40.5 Å². The minimum atomic E-state index is -0.166. The molecule has 28 heavy (non-hydrogen) atoms. The van der Waals surface area contributed by atoms with Crippen LogP contribution in [-0.2, 0) is 4.79 Å². The first-order valence-corrected chi connectivity index (χ1v) is 10.1. The van der Waals surface area contributed by atoms with Gasteiger partial charge in [-0.3, -0.25) is 14.4 Å². The van der Waals surface area contributed by atoms with Crippen molar-refractivity contribution in [3.8, 4) is 0 Å². The van der Waals surface area contributed by atoms with E-state index < -0.39 is 0 Å². The molecule has 0 aliphatic carbocycles. The van der Waals surface area contributed by atoms with Crippen LogP contribution < -0.4 is 10.6 Å². The van der Waals surface area contributed by atoms with E-state index in [1.807, 2.05) is 13.0 Å². The van der Waals surface area contributed by atoms with E-state index in [0.29, 0.717) is 42.7 Å². The van der Waals surface area contributed by atoms with Crippen molar-refractivity contribution in [1.82, 2.24) is 10.2 Å². The molecule has 3 amide bonds. The van der Waals surface area contributed by atoms with Gasteiger partial charge in [0, 0.05) is 29.6 Å². The van der Waals surface area contributed by atoms with Gasteiger partial charge in [-0.05, 0) is 44.0 Å². The van der Waals surface area contributed by atoms with Crippen LogP contribution in [0.4, 0.5) is 5.69 Å². The van der Waals surface area contributed by atoms with Gasteiger partial charge in [-0.1, -0.05) is 0 Å². The van der Waals surface area contributed by atoms with Crippen molar-refractivity contribution >= 4 is 35.2 Å². The summed E-state index contributed by atoms with van der Waals surface area (Å²) < 4.78 is 4.97. The topological polar surface area (TPSA) is 91.7 Å². The predicted molar refractivity (Wildman–Crippen MR) is 105 cm³/mol. The third kappa shape index (κ3) is 3.77. The molecule has 0 bridgehead atoms. The van der Waals surface area contributed by atoms with Gasteiger partial charge in [0.05, 0.1) is 22.8 Å². The molecule has 4 rings (SSSR count). The standard InChI is InChI=1S/C20H21N3O4S/c1-12-18(24)22-16-10-13(2-3-17(16)28-12)19(25)21-15-4-7-23(8-5-15)20(26)14-6-9-27-11-14/h2-3,6,9-12,15H,4-5,7-8H2,1H3,(H,21,25)(H,22,24). The Morgan fingerprint density at radius 1 is 1.21 bits per heavy atom. The fraction of sp³-hybridized carbons (Fsp3) is 0.350. The Hall–Kier alpha value is -2.74. The summed E-state index contributed by atoms with van der Waals surface area (Å²) in [5.74, 6) is -0.263. The number of fused-ring (bicyclic) bond motifs is 1. The van der Waals surface area contributed by atoms with Gasteiger partial charge in [0.15, 0.2) is 0 Å². The molecule has 146 valence electrons. The van der Waals surface area contributed by atoms with Crippen LogP contribution in [0.5, 0.6) is 0 Å². The molecule has 0 radical (unpaired) electrons. The Kier molecular flexibility index (Phi) is 5.13. The van der Waals surface area contributed by atoms with Crippen molar-refractivity contribution in [2.45, 2.75) is 36.0 Å². The number of piperidine rings is 1. The van der Waals surface area contributed by atoms with Gasteiger partial charge in [0.2, 0.25) is 5.91 Å². The maximum absolute atomic E-state index is 12.6. The molecule has 1 atom stereocenters. The van der Waals surface area contributed by atoms with Crippen LogP contribution in [0.3, 0.4) is 0 Å². The summed E-state index contributed by atoms with van der Waals surface area (Å²) in [5.41, 5.74) is 1.75. The van der Waals surface area contributed by atoms with Crippen molar-refractivity contribution in [3.05, 3.63) is 47.9 Å². The van der Waals surface area contributed by atoms with Gasteiger partial charge in [-0.2, -0.15) is 0 Å². The molecular formula is C20H21N3O4S. The smallest absolute Gasteiger partial charge is 0.257 e. The number of nitrogens with zero attached hydrogens (tertiary/aromatic N) is 1. The number of hydrogen-bond donors (Lipinski definition) is 2. The van der Waals surface area contributed by atoms with Crippen LogP contribution in [0.15, 0.2) is 46.1 Å². The lowest BCUT2D eigenvalue weighted by Gasteiger charge is -2.32. The zero-order valence-electron chi connectivity index (χ0n) is 15.4. The second-order valence-electron chi connectivity index (χ2n) is 7.01. The molecule has 2 aliphatic heterocycles. The van der Waals surface area contributed by atoms with E-state index in [0.717, 1.165) is 4.90 Å². The van der Waals surface area contributed by atoms with Crippen LogP contribution in [0, 0.1) is 0 Å². The zero-order chi connectivity index (χ0) is 19.7. The first-order chi connectivity index (χ1) is 13.5. The molecule has 1 fully saturated rings. The Balaban J connectivity index is 1.34. The average Bonchev–Trinajstić information content (AvgIpc) is 3.23. The summed E-state index contributed by atoms with van der Waals surface area (Å²) in [5, 5.41) is 5.75. The summed E-state index contributed by atoms with van der Waals surface area (Å²) in [4.78, 5) is 39.6. The van der Waals surface area contributed by atoms with Gasteiger partial charge >= 0.3 is 0 Å². The van der Waals surface area contributed by atoms with E-state index in [2.05, 4.69) is 10.6 Å². The number of furan rings is 1. The number of thioether (sulfide) groups is 1. The van der Waals surface area contributed by atoms with E-state index in [1.54, 1.807) is 23.1 Å². The molecule has 2 aromatic rings. The second-order valence-corrected chi connectivity index (χ2v) is 8.39. The van der Waals surface area contributed by atoms with Crippen molar-refractivity contribution in [3.63, 3.8) is 0 Å². The van der Waals surface area contributed by atoms with E-state index in [1.165, 1.54) is 24.3 Å². The number of likely N-dealkylation sites (tertiary alicyclic amines) is 1. The maximum Gasteiger partial charge on any atom is 0.257 e. The van der Waals surface area contributed by atoms with Crippen molar-refractivity contribution in [2.24, 2.45) is 0 Å². The minimum absolute atomic E-state index is 0.0147. The van der Waals surface area contributed by atoms with E-state index in [-0.39, 0.29) is 29.0 Å². The SMILES string of the molecule is CC1Sc2ccc(C(=O)NC3CCN(C(=O)c4ccoc4)CC3)cc2NC1=O. The molecular weight excluding hydrogens is 378 g/mol. The third-order valence-corrected chi connectivity index (χ3v) is 6.24. The number of benzene rings is 1. The van der Waals surface area contributed by atoms with Crippen molar-refractivity contribution < 1.29 is 18.8 Å². The van der Waals surface area contributed by atoms with Crippen LogP contribution >= 0.6 is 11.8 Å². The molecule has 0 spiro atoms. The fourth-order valence-electron chi connectivity index (χ4n) is 3.41. The molecule has 7 nitrogen and oxygen atoms in total. The minimum Gasteiger partial charge on any atom is -0.472 e. The summed E-state index contributed by atoms with van der Waals surface area (Å²) >= 11 is 1.49. The summed E-state index contributed by atoms with van der Waals surface area (Å²) in [6.07, 6.45) is 4.33. The number of carbonyl (C=O) groups excluding carboxylic acids is 3. The molecule has 2 N–H and O–H groups in total. The highest BCUT2D eigenvalue weighted by Crippen LogP contribution is 2.35. The Bertz CT molecular complexity index is 904. The van der Waals surface area contributed by atoms with E-state index in [9.17, 15) is 14.4 Å². The highest BCUT2D eigenvalue weighted by Gasteiger charge is 2.27. The van der Waals surface area contributed by atoms with Gasteiger partial charge in [0.25, 0.3) is 11.8 Å². The van der Waals surface area contributed by atoms with Crippen LogP contribution in [0.2, 0.25) is 0 Å². The number of anilines is 1. The van der Waals surface area contributed by atoms with Crippen molar-refractivity contribution in [2.75, 3.05) is 18.4 Å². The molecule has 1 unspecified atom stereocenters. The number of amides is 3. The van der Waals surface area contributed by atoms with Crippen molar-refractivity contribution in [1.29, 1.82) is 0 Å². The quantitative estimate of drug-likeness (QED) is 0.828. The second kappa shape index (κ2) is 7.71. The van der Waals surface area contributed by atoms with Gasteiger partial charge in [-0.25, -0.2) is 0 Å². The Labute approximate surface area is 166 Å². The largest absolute Gasteiger partial charge is 0.472 e. The number of nitrogens with one attached hydrogen (secondary N) is 2. The van der Waals surface area contributed by atoms with Gasteiger partial charge in [0.1, 0.15) is 6.26 Å². The molecule has 3 heterocycles. The third-order valence-electron chi connectivity index (χ3n) is 5.06. The molecule has 1 aromatic heterocycles. The fourth-order valence-corrected chi connectivity index (χ4v) is 4.34. The zero-order valence-corrected chi connectivity index (χ0v) is 16.3. The molecule has 2 aliphatic rings. The number of hydrogen-bond acceptors (Lipinski definition) is 5. The van der Waals surface area contributed by atoms with Crippen LogP contribution in [0.25, 0.3) is 0 Å². The first-order valence-electron chi connectivity index (χ1n) is 9.25. The Morgan fingerprint density at radius 3 is 2.71 bits per heavy atom. The molecule has 1 saturated heterocycles. The molecule has 1 aromatic carbocycles. The highest BCUT2D eigenvalue weighted by molar-refractivity contribution is 8.00. The highest BCUT2D eigenvalue weighted by atomic mass is 32.2. The summed E-state index contributed by atoms with van der Waals surface area (Å²) in [6, 6.07) is 7.05. The van der Waals surface area contributed by atoms with E-state index in [4.69, 9.17) is 4.42 Å². The maximum atomic E-state index is 12.6. The van der Waals surface area contributed by atoms with Gasteiger partial charge < -0.3 is 20.0 Å². The lowest BCUT2D eigenvalue weighted by Crippen LogP contribution is -2.46. The predicted octanol–water partition coefficient (Wildman–Crippen LogP) is 2.75. The monoisotopic (exact) mass is 399 g/mol. The Morgan fingerprint density at radius 2 is 2.00 bits per heavy atom. The number of rotatable bonds is 3. The van der Waals surface area contributed by atoms with Crippen LogP contribution in [-0.4, -0.2) is 47.0 Å². The summed E-state index contributed by atoms with van der Waals surface area (Å²) in [7, 11) is 0. The first kappa shape index (κ1) is 18.6. The number of carbonyl (C=O) groups is 3. The summed E-state index contributed by atoms with van der Waals surface area (Å²) in [6.45, 7) is 3.03. The molecule has 8 heteroatoms. The van der Waals surface area contributed by atoms with E-state index >= 15 is 0 Å². The average molecular weight is 399 g/mol. The van der Waals surface area contributed by atoms with Gasteiger partial charge in [-0.15, -0.1) is 11.8 Å². The molecule has 0 saturated carbocycles. The lowest BCUT2D eigenvalue weighted by atomic mass is 10.0.